The number of rotatable bonds is 3. The Balaban J connectivity index is 1.71. The van der Waals surface area contributed by atoms with Gasteiger partial charge in [0, 0.05) is 5.92 Å². The minimum absolute atomic E-state index is 0.0210. The molecule has 0 aromatic heterocycles. The predicted octanol–water partition coefficient (Wildman–Crippen LogP) is 2.90. The van der Waals surface area contributed by atoms with Crippen LogP contribution >= 0.6 is 0 Å². The van der Waals surface area contributed by atoms with Crippen molar-refractivity contribution in [2.24, 2.45) is 17.8 Å². The second-order valence-electron chi connectivity index (χ2n) is 5.77. The van der Waals surface area contributed by atoms with Gasteiger partial charge in [0.1, 0.15) is 5.82 Å². The fraction of sp³-hybridized carbons (Fsp3) is 0.467. The monoisotopic (exact) mass is 277 g/mol. The van der Waals surface area contributed by atoms with Gasteiger partial charge in [0.2, 0.25) is 5.91 Å². The fourth-order valence-corrected chi connectivity index (χ4v) is 3.54. The van der Waals surface area contributed by atoms with Crippen LogP contribution in [-0.2, 0) is 4.79 Å². The van der Waals surface area contributed by atoms with E-state index in [1.54, 1.807) is 0 Å². The molecule has 20 heavy (non-hydrogen) atoms. The first kappa shape index (κ1) is 13.1. The Morgan fingerprint density at radius 3 is 2.60 bits per heavy atom. The number of carbonyl (C=O) groups is 2. The van der Waals surface area contributed by atoms with Crippen molar-refractivity contribution in [3.63, 3.8) is 0 Å². The fourth-order valence-electron chi connectivity index (χ4n) is 3.54. The molecule has 2 aliphatic rings. The third kappa shape index (κ3) is 2.28. The van der Waals surface area contributed by atoms with Crippen molar-refractivity contribution in [3.8, 4) is 0 Å². The highest BCUT2D eigenvalue weighted by molar-refractivity contribution is 5.94. The van der Waals surface area contributed by atoms with Gasteiger partial charge in [-0.25, -0.2) is 9.18 Å². The highest BCUT2D eigenvalue weighted by Crippen LogP contribution is 2.48. The van der Waals surface area contributed by atoms with Crippen molar-refractivity contribution in [1.29, 1.82) is 0 Å². The normalized spacial score (nSPS) is 27.6. The third-order valence-electron chi connectivity index (χ3n) is 4.55. The van der Waals surface area contributed by atoms with Crippen molar-refractivity contribution >= 4 is 17.6 Å². The molecule has 0 radical (unpaired) electrons. The summed E-state index contributed by atoms with van der Waals surface area (Å²) >= 11 is 0. The maximum atomic E-state index is 13.8. The van der Waals surface area contributed by atoms with Crippen LogP contribution in [0, 0.1) is 23.6 Å². The Hall–Kier alpha value is -1.91. The smallest absolute Gasteiger partial charge is 0.335 e. The molecular formula is C15H16FNO3. The van der Waals surface area contributed by atoms with Gasteiger partial charge in [0.05, 0.1) is 11.3 Å². The molecule has 2 aliphatic carbocycles. The van der Waals surface area contributed by atoms with Gasteiger partial charge in [-0.3, -0.25) is 4.79 Å². The van der Waals surface area contributed by atoms with Crippen LogP contribution in [0.4, 0.5) is 10.1 Å². The van der Waals surface area contributed by atoms with E-state index in [0.29, 0.717) is 11.8 Å². The van der Waals surface area contributed by atoms with E-state index in [2.05, 4.69) is 5.32 Å². The van der Waals surface area contributed by atoms with Crippen LogP contribution in [0.15, 0.2) is 18.2 Å². The van der Waals surface area contributed by atoms with Crippen LogP contribution in [0.2, 0.25) is 0 Å². The molecule has 2 N–H and O–H groups in total. The van der Waals surface area contributed by atoms with Gasteiger partial charge in [-0.1, -0.05) is 6.42 Å². The minimum Gasteiger partial charge on any atom is -0.478 e. The number of nitrogens with one attached hydrogen (secondary N) is 1. The van der Waals surface area contributed by atoms with Gasteiger partial charge in [0.15, 0.2) is 0 Å². The van der Waals surface area contributed by atoms with Gasteiger partial charge in [-0.05, 0) is 49.3 Å². The van der Waals surface area contributed by atoms with E-state index < -0.39 is 11.8 Å². The topological polar surface area (TPSA) is 66.4 Å². The quantitative estimate of drug-likeness (QED) is 0.892. The lowest BCUT2D eigenvalue weighted by Crippen LogP contribution is -2.27. The molecule has 106 valence electrons. The van der Waals surface area contributed by atoms with Gasteiger partial charge in [-0.2, -0.15) is 0 Å². The Morgan fingerprint density at radius 1 is 1.25 bits per heavy atom. The van der Waals surface area contributed by atoms with Gasteiger partial charge in [-0.15, -0.1) is 0 Å². The lowest BCUT2D eigenvalue weighted by Gasteiger charge is -2.20. The average molecular weight is 277 g/mol. The largest absolute Gasteiger partial charge is 0.478 e. The zero-order valence-electron chi connectivity index (χ0n) is 10.9. The number of hydrogen-bond acceptors (Lipinski definition) is 2. The molecule has 4 nitrogen and oxygen atoms in total. The molecule has 3 atom stereocenters. The number of anilines is 1. The predicted molar refractivity (Wildman–Crippen MR) is 70.9 cm³/mol. The number of carbonyl (C=O) groups excluding carboxylic acids is 1. The van der Waals surface area contributed by atoms with Gasteiger partial charge >= 0.3 is 5.97 Å². The lowest BCUT2D eigenvalue weighted by molar-refractivity contribution is -0.121. The average Bonchev–Trinajstić information content (AvgIpc) is 3.03. The summed E-state index contributed by atoms with van der Waals surface area (Å²) in [6, 6.07) is 3.53. The number of carboxylic acids is 1. The zero-order valence-corrected chi connectivity index (χ0v) is 10.9. The van der Waals surface area contributed by atoms with Gasteiger partial charge < -0.3 is 10.4 Å². The molecule has 5 heteroatoms. The second kappa shape index (κ2) is 4.89. The summed E-state index contributed by atoms with van der Waals surface area (Å²) in [6.07, 6.45) is 4.29. The van der Waals surface area contributed by atoms with E-state index in [4.69, 9.17) is 5.11 Å². The third-order valence-corrected chi connectivity index (χ3v) is 4.55. The Morgan fingerprint density at radius 2 is 2.05 bits per heavy atom. The molecule has 2 bridgehead atoms. The number of benzene rings is 1. The van der Waals surface area contributed by atoms with E-state index in [-0.39, 0.29) is 23.1 Å². The molecule has 3 unspecified atom stereocenters. The first-order valence-corrected chi connectivity index (χ1v) is 6.88. The van der Waals surface area contributed by atoms with Crippen molar-refractivity contribution in [3.05, 3.63) is 29.6 Å². The van der Waals surface area contributed by atoms with E-state index >= 15 is 0 Å². The van der Waals surface area contributed by atoms with Crippen LogP contribution in [0.5, 0.6) is 0 Å². The van der Waals surface area contributed by atoms with Crippen LogP contribution in [0.1, 0.15) is 36.0 Å². The standard InChI is InChI=1S/C15H16FNO3/c16-12-7-10(15(19)20)3-4-13(12)17-14(18)11-6-8-1-2-9(11)5-8/h3-4,7-9,11H,1-2,5-6H2,(H,17,18)(H,19,20). The summed E-state index contributed by atoms with van der Waals surface area (Å²) in [7, 11) is 0. The van der Waals surface area contributed by atoms with Crippen molar-refractivity contribution in [1.82, 2.24) is 0 Å². The maximum Gasteiger partial charge on any atom is 0.335 e. The van der Waals surface area contributed by atoms with E-state index in [9.17, 15) is 14.0 Å². The molecule has 2 saturated carbocycles. The molecule has 1 aromatic carbocycles. The van der Waals surface area contributed by atoms with Crippen molar-refractivity contribution in [2.45, 2.75) is 25.7 Å². The molecule has 1 aromatic rings. The summed E-state index contributed by atoms with van der Waals surface area (Å²) in [5.74, 6) is -0.973. The Labute approximate surface area is 116 Å². The van der Waals surface area contributed by atoms with Crippen LogP contribution < -0.4 is 5.32 Å². The van der Waals surface area contributed by atoms with Crippen LogP contribution in [0.3, 0.4) is 0 Å². The Kier molecular flexibility index (Phi) is 3.20. The molecule has 0 heterocycles. The molecule has 0 saturated heterocycles. The lowest BCUT2D eigenvalue weighted by atomic mass is 9.88. The zero-order chi connectivity index (χ0) is 14.3. The molecule has 0 spiro atoms. The summed E-state index contributed by atoms with van der Waals surface area (Å²) in [4.78, 5) is 22.9. The number of fused-ring (bicyclic) bond motifs is 2. The molecular weight excluding hydrogens is 261 g/mol. The van der Waals surface area contributed by atoms with Crippen LogP contribution in [0.25, 0.3) is 0 Å². The van der Waals surface area contributed by atoms with Gasteiger partial charge in [0.25, 0.3) is 0 Å². The number of hydrogen-bond donors (Lipinski definition) is 2. The van der Waals surface area contributed by atoms with Crippen molar-refractivity contribution in [2.75, 3.05) is 5.32 Å². The van der Waals surface area contributed by atoms with E-state index in [0.717, 1.165) is 25.3 Å². The first-order valence-electron chi connectivity index (χ1n) is 6.88. The van der Waals surface area contributed by atoms with Crippen LogP contribution in [-0.4, -0.2) is 17.0 Å². The van der Waals surface area contributed by atoms with E-state index in [1.165, 1.54) is 18.6 Å². The summed E-state index contributed by atoms with van der Waals surface area (Å²) in [5, 5.41) is 11.4. The summed E-state index contributed by atoms with van der Waals surface area (Å²) < 4.78 is 13.8. The number of carboxylic acid groups (broad SMARTS) is 1. The minimum atomic E-state index is -1.19. The molecule has 2 fully saturated rings. The number of halogens is 1. The SMILES string of the molecule is O=C(O)c1ccc(NC(=O)C2CC3CCC2C3)c(F)c1. The maximum absolute atomic E-state index is 13.8. The first-order chi connectivity index (χ1) is 9.54. The molecule has 0 aliphatic heterocycles. The van der Waals surface area contributed by atoms with E-state index in [1.807, 2.05) is 0 Å². The highest BCUT2D eigenvalue weighted by atomic mass is 19.1. The number of aromatic carboxylic acids is 1. The highest BCUT2D eigenvalue weighted by Gasteiger charge is 2.43. The summed E-state index contributed by atoms with van der Waals surface area (Å²) in [6.45, 7) is 0. The second-order valence-corrected chi connectivity index (χ2v) is 5.77. The Bertz CT molecular complexity index is 572. The molecule has 1 amide bonds. The number of amides is 1. The summed E-state index contributed by atoms with van der Waals surface area (Å²) in [5.41, 5.74) is -0.0665. The molecule has 3 rings (SSSR count). The van der Waals surface area contributed by atoms with Crippen molar-refractivity contribution < 1.29 is 19.1 Å².